The molecule has 5 rings (SSSR count). The SMILES string of the molecule is COC(=O)c1cccc2oc(-c3cc(OC)c(-c4nc5ccccc5o4)cc3OC)nc12. The van der Waals surface area contributed by atoms with Crippen molar-refractivity contribution in [2.24, 2.45) is 0 Å². The summed E-state index contributed by atoms with van der Waals surface area (Å²) in [5.74, 6) is 1.16. The maximum absolute atomic E-state index is 12.1. The monoisotopic (exact) mass is 430 g/mol. The zero-order chi connectivity index (χ0) is 22.2. The molecule has 3 aromatic carbocycles. The van der Waals surface area contributed by atoms with E-state index >= 15 is 0 Å². The van der Waals surface area contributed by atoms with Crippen LogP contribution in [0.3, 0.4) is 0 Å². The first-order valence-corrected chi connectivity index (χ1v) is 9.73. The van der Waals surface area contributed by atoms with Crippen LogP contribution in [0.25, 0.3) is 45.1 Å². The number of hydrogen-bond donors (Lipinski definition) is 0. The number of benzene rings is 3. The number of carbonyl (C=O) groups is 1. The van der Waals surface area contributed by atoms with Gasteiger partial charge in [-0.25, -0.2) is 14.8 Å². The maximum Gasteiger partial charge on any atom is 0.340 e. The lowest BCUT2D eigenvalue weighted by Gasteiger charge is -2.11. The van der Waals surface area contributed by atoms with Crippen molar-refractivity contribution in [2.45, 2.75) is 0 Å². The summed E-state index contributed by atoms with van der Waals surface area (Å²) in [6.07, 6.45) is 0. The second-order valence-electron chi connectivity index (χ2n) is 6.90. The van der Waals surface area contributed by atoms with Crippen LogP contribution in [0.4, 0.5) is 0 Å². The first kappa shape index (κ1) is 19.6. The van der Waals surface area contributed by atoms with Crippen molar-refractivity contribution >= 4 is 28.2 Å². The summed E-state index contributed by atoms with van der Waals surface area (Å²) in [6.45, 7) is 0. The third-order valence-electron chi connectivity index (χ3n) is 5.10. The van der Waals surface area contributed by atoms with Gasteiger partial charge in [0.05, 0.1) is 38.0 Å². The van der Waals surface area contributed by atoms with E-state index in [4.69, 9.17) is 23.0 Å². The summed E-state index contributed by atoms with van der Waals surface area (Å²) < 4.78 is 27.9. The Kier molecular flexibility index (Phi) is 4.74. The van der Waals surface area contributed by atoms with Crippen molar-refractivity contribution in [1.82, 2.24) is 9.97 Å². The number of methoxy groups -OCH3 is 3. The summed E-state index contributed by atoms with van der Waals surface area (Å²) >= 11 is 0. The van der Waals surface area contributed by atoms with Crippen molar-refractivity contribution in [2.75, 3.05) is 21.3 Å². The topological polar surface area (TPSA) is 96.8 Å². The number of aromatic nitrogens is 2. The van der Waals surface area contributed by atoms with E-state index in [1.807, 2.05) is 24.3 Å². The van der Waals surface area contributed by atoms with Crippen LogP contribution in [0.5, 0.6) is 11.5 Å². The van der Waals surface area contributed by atoms with Crippen LogP contribution in [0.15, 0.2) is 63.4 Å². The second kappa shape index (κ2) is 7.73. The molecular formula is C24H18N2O6. The second-order valence-corrected chi connectivity index (χ2v) is 6.90. The molecule has 2 heterocycles. The minimum Gasteiger partial charge on any atom is -0.496 e. The van der Waals surface area contributed by atoms with Crippen LogP contribution in [-0.4, -0.2) is 37.3 Å². The number of oxazole rings is 2. The Morgan fingerprint density at radius 1 is 0.781 bits per heavy atom. The maximum atomic E-state index is 12.1. The largest absolute Gasteiger partial charge is 0.496 e. The van der Waals surface area contributed by atoms with E-state index in [-0.39, 0.29) is 5.89 Å². The Morgan fingerprint density at radius 2 is 1.41 bits per heavy atom. The lowest BCUT2D eigenvalue weighted by molar-refractivity contribution is 0.0602. The molecule has 32 heavy (non-hydrogen) atoms. The Hall–Kier alpha value is -4.33. The van der Waals surface area contributed by atoms with Gasteiger partial charge in [-0.05, 0) is 36.4 Å². The highest BCUT2D eigenvalue weighted by Gasteiger charge is 2.23. The predicted molar refractivity (Wildman–Crippen MR) is 117 cm³/mol. The highest BCUT2D eigenvalue weighted by molar-refractivity contribution is 6.02. The summed E-state index contributed by atoms with van der Waals surface area (Å²) in [6, 6.07) is 16.1. The predicted octanol–water partition coefficient (Wildman–Crippen LogP) is 5.11. The molecule has 0 bridgehead atoms. The molecule has 0 radical (unpaired) electrons. The number of hydrogen-bond acceptors (Lipinski definition) is 8. The first-order valence-electron chi connectivity index (χ1n) is 9.73. The molecule has 0 aliphatic rings. The van der Waals surface area contributed by atoms with Crippen molar-refractivity contribution in [3.05, 3.63) is 60.2 Å². The number of nitrogens with zero attached hydrogens (tertiary/aromatic N) is 2. The summed E-state index contributed by atoms with van der Waals surface area (Å²) in [4.78, 5) is 21.2. The number of rotatable bonds is 5. The highest BCUT2D eigenvalue weighted by atomic mass is 16.5. The smallest absolute Gasteiger partial charge is 0.340 e. The summed E-state index contributed by atoms with van der Waals surface area (Å²) in [5.41, 5.74) is 3.75. The normalized spacial score (nSPS) is 11.1. The van der Waals surface area contributed by atoms with Gasteiger partial charge in [0.1, 0.15) is 22.5 Å². The average molecular weight is 430 g/mol. The Balaban J connectivity index is 1.68. The molecule has 5 aromatic rings. The minimum atomic E-state index is -0.494. The van der Waals surface area contributed by atoms with Gasteiger partial charge in [0, 0.05) is 0 Å². The van der Waals surface area contributed by atoms with Crippen LogP contribution in [-0.2, 0) is 4.74 Å². The van der Waals surface area contributed by atoms with Gasteiger partial charge in [0.25, 0.3) is 0 Å². The molecule has 8 heteroatoms. The number of para-hydroxylation sites is 3. The van der Waals surface area contributed by atoms with Gasteiger partial charge in [-0.15, -0.1) is 0 Å². The summed E-state index contributed by atoms with van der Waals surface area (Å²) in [7, 11) is 4.42. The lowest BCUT2D eigenvalue weighted by Crippen LogP contribution is -2.01. The van der Waals surface area contributed by atoms with E-state index in [9.17, 15) is 4.79 Å². The number of fused-ring (bicyclic) bond motifs is 2. The van der Waals surface area contributed by atoms with E-state index in [1.54, 1.807) is 44.6 Å². The molecule has 0 amide bonds. The Labute approximate surface area is 182 Å². The zero-order valence-corrected chi connectivity index (χ0v) is 17.5. The van der Waals surface area contributed by atoms with Gasteiger partial charge < -0.3 is 23.0 Å². The van der Waals surface area contributed by atoms with E-state index in [0.29, 0.717) is 50.8 Å². The van der Waals surface area contributed by atoms with E-state index in [0.717, 1.165) is 5.52 Å². The average Bonchev–Trinajstić information content (AvgIpc) is 3.46. The molecule has 0 spiro atoms. The molecule has 2 aromatic heterocycles. The van der Waals surface area contributed by atoms with E-state index in [2.05, 4.69) is 9.97 Å². The van der Waals surface area contributed by atoms with E-state index in [1.165, 1.54) is 7.11 Å². The van der Waals surface area contributed by atoms with Gasteiger partial charge >= 0.3 is 5.97 Å². The third-order valence-corrected chi connectivity index (χ3v) is 5.10. The molecule has 0 aliphatic heterocycles. The fraction of sp³-hybridized carbons (Fsp3) is 0.125. The molecule has 0 aliphatic carbocycles. The van der Waals surface area contributed by atoms with Crippen molar-refractivity contribution in [3.8, 4) is 34.4 Å². The van der Waals surface area contributed by atoms with Crippen molar-refractivity contribution in [1.29, 1.82) is 0 Å². The van der Waals surface area contributed by atoms with Crippen molar-refractivity contribution < 1.29 is 27.8 Å². The number of esters is 1. The van der Waals surface area contributed by atoms with Crippen LogP contribution >= 0.6 is 0 Å². The standard InChI is InChI=1S/C24H18N2O6/c1-28-19-12-15(23-26-21-13(24(27)30-3)7-6-10-18(21)32-23)20(29-2)11-14(19)22-25-16-8-4-5-9-17(16)31-22/h4-12H,1-3H3. The lowest BCUT2D eigenvalue weighted by atomic mass is 10.1. The van der Waals surface area contributed by atoms with Crippen LogP contribution in [0, 0.1) is 0 Å². The molecule has 0 saturated heterocycles. The van der Waals surface area contributed by atoms with Gasteiger partial charge in [0.15, 0.2) is 11.2 Å². The minimum absolute atomic E-state index is 0.274. The molecule has 0 saturated carbocycles. The quantitative estimate of drug-likeness (QED) is 0.355. The molecule has 8 nitrogen and oxygen atoms in total. The van der Waals surface area contributed by atoms with Crippen molar-refractivity contribution in [3.63, 3.8) is 0 Å². The van der Waals surface area contributed by atoms with Crippen LogP contribution in [0.1, 0.15) is 10.4 Å². The van der Waals surface area contributed by atoms with Crippen LogP contribution < -0.4 is 9.47 Å². The van der Waals surface area contributed by atoms with Gasteiger partial charge in [-0.1, -0.05) is 18.2 Å². The molecule has 0 N–H and O–H groups in total. The molecule has 0 fully saturated rings. The highest BCUT2D eigenvalue weighted by Crippen LogP contribution is 2.41. The Morgan fingerprint density at radius 3 is 2.06 bits per heavy atom. The molecule has 0 unspecified atom stereocenters. The van der Waals surface area contributed by atoms with Gasteiger partial charge in [-0.3, -0.25) is 0 Å². The molecular weight excluding hydrogens is 412 g/mol. The molecule has 0 atom stereocenters. The summed E-state index contributed by atoms with van der Waals surface area (Å²) in [5, 5.41) is 0. The fourth-order valence-corrected chi connectivity index (χ4v) is 3.56. The fourth-order valence-electron chi connectivity index (χ4n) is 3.56. The van der Waals surface area contributed by atoms with Gasteiger partial charge in [0.2, 0.25) is 11.8 Å². The Bertz CT molecular complexity index is 1430. The molecule has 160 valence electrons. The first-order chi connectivity index (χ1) is 15.6. The van der Waals surface area contributed by atoms with Crippen LogP contribution in [0.2, 0.25) is 0 Å². The number of carbonyl (C=O) groups excluding carboxylic acids is 1. The zero-order valence-electron chi connectivity index (χ0n) is 17.5. The van der Waals surface area contributed by atoms with Gasteiger partial charge in [-0.2, -0.15) is 0 Å². The third kappa shape index (κ3) is 3.13. The van der Waals surface area contributed by atoms with E-state index < -0.39 is 5.97 Å². The number of ether oxygens (including phenoxy) is 3.